The van der Waals surface area contributed by atoms with Crippen LogP contribution in [0, 0.1) is 10.1 Å². The molecule has 0 radical (unpaired) electrons. The van der Waals surface area contributed by atoms with Crippen molar-refractivity contribution in [2.75, 3.05) is 0 Å². The molecule has 0 aromatic carbocycles. The molecule has 0 unspecified atom stereocenters. The molecule has 0 saturated carbocycles. The zero-order valence-electron chi connectivity index (χ0n) is 2.90. The molecule has 0 fully saturated rings. The van der Waals surface area contributed by atoms with Gasteiger partial charge in [0.25, 0.3) is 0 Å². The third-order valence-corrected chi connectivity index (χ3v) is 0.621. The van der Waals surface area contributed by atoms with Crippen molar-refractivity contribution >= 4 is 34.8 Å². The Morgan fingerprint density at radius 3 is 1.57 bits per heavy atom. The van der Waals surface area contributed by atoms with Gasteiger partial charge in [0.2, 0.25) is 0 Å². The molecule has 0 aliphatic rings. The van der Waals surface area contributed by atoms with Crippen LogP contribution in [0.5, 0.6) is 0 Å². The highest BCUT2D eigenvalue weighted by Crippen LogP contribution is 2.25. The number of hydrogen-bond donors (Lipinski definition) is 0. The Labute approximate surface area is 54.3 Å². The Kier molecular flexibility index (Phi) is 2.10. The summed E-state index contributed by atoms with van der Waals surface area (Å²) in [4.78, 5) is 8.41. The SMILES string of the molecule is O=[N+]([O-])[13C](Cl)(Cl)Cl. The minimum absolute atomic E-state index is 1.02. The van der Waals surface area contributed by atoms with Crippen LogP contribution in [-0.4, -0.2) is 8.84 Å². The average molecular weight is 165 g/mol. The van der Waals surface area contributed by atoms with Gasteiger partial charge >= 0.3 is 3.92 Å². The van der Waals surface area contributed by atoms with Crippen molar-refractivity contribution < 1.29 is 4.92 Å². The summed E-state index contributed by atoms with van der Waals surface area (Å²) in [5.74, 6) is 0. The molecule has 3 nitrogen and oxygen atoms in total. The van der Waals surface area contributed by atoms with E-state index in [4.69, 9.17) is 34.8 Å². The molecular weight excluding hydrogens is 165 g/mol. The lowest BCUT2D eigenvalue weighted by Crippen LogP contribution is -2.15. The van der Waals surface area contributed by atoms with E-state index in [0.717, 1.165) is 0 Å². The van der Waals surface area contributed by atoms with E-state index in [9.17, 15) is 10.1 Å². The van der Waals surface area contributed by atoms with E-state index in [2.05, 4.69) is 0 Å². The van der Waals surface area contributed by atoms with Crippen molar-refractivity contribution in [3.05, 3.63) is 10.1 Å². The van der Waals surface area contributed by atoms with E-state index in [0.29, 0.717) is 0 Å². The maximum Gasteiger partial charge on any atom is 0.449 e. The standard InChI is InChI=1S/CCl3NO2/c2-1(3,4)5(6)7/i1+1. The van der Waals surface area contributed by atoms with Gasteiger partial charge < -0.3 is 0 Å². The molecule has 0 atom stereocenters. The van der Waals surface area contributed by atoms with Crippen LogP contribution in [-0.2, 0) is 0 Å². The van der Waals surface area contributed by atoms with Crippen LogP contribution in [0.15, 0.2) is 0 Å². The second kappa shape index (κ2) is 2.03. The third-order valence-electron chi connectivity index (χ3n) is 0.207. The molecule has 0 amide bonds. The van der Waals surface area contributed by atoms with Crippen molar-refractivity contribution in [2.45, 2.75) is 3.92 Å². The fraction of sp³-hybridized carbons (Fsp3) is 1.00. The molecule has 0 heterocycles. The van der Waals surface area contributed by atoms with Gasteiger partial charge in [-0.25, -0.2) is 0 Å². The maximum atomic E-state index is 9.43. The Balaban J connectivity index is 3.79. The first kappa shape index (κ1) is 7.27. The number of halogens is 3. The number of alkyl halides is 3. The highest BCUT2D eigenvalue weighted by atomic mass is 35.6. The maximum absolute atomic E-state index is 9.43. The van der Waals surface area contributed by atoms with Gasteiger partial charge in [0, 0.05) is 0 Å². The number of nitro groups is 1. The van der Waals surface area contributed by atoms with Crippen LogP contribution in [0.1, 0.15) is 0 Å². The topological polar surface area (TPSA) is 43.1 Å². The number of rotatable bonds is 0. The van der Waals surface area contributed by atoms with Gasteiger partial charge in [0.05, 0.1) is 4.92 Å². The summed E-state index contributed by atoms with van der Waals surface area (Å²) in [6.45, 7) is 0. The smallest absolute Gasteiger partial charge is 0.260 e. The predicted octanol–water partition coefficient (Wildman–Crippen LogP) is 1.59. The third kappa shape index (κ3) is 2.91. The normalized spacial score (nSPS) is 11.3. The first-order valence-electron chi connectivity index (χ1n) is 1.16. The van der Waals surface area contributed by atoms with Gasteiger partial charge in [-0.05, 0) is 34.8 Å². The van der Waals surface area contributed by atoms with Crippen LogP contribution in [0.2, 0.25) is 0 Å². The zero-order chi connectivity index (χ0) is 6.08. The van der Waals surface area contributed by atoms with Crippen LogP contribution in [0.3, 0.4) is 0 Å². The van der Waals surface area contributed by atoms with Gasteiger partial charge in [-0.1, -0.05) is 0 Å². The first-order chi connectivity index (χ1) is 2.94. The molecule has 0 rings (SSSR count). The molecule has 0 bridgehead atoms. The van der Waals surface area contributed by atoms with Gasteiger partial charge in [-0.2, -0.15) is 0 Å². The summed E-state index contributed by atoms with van der Waals surface area (Å²) >= 11 is 14.1. The summed E-state index contributed by atoms with van der Waals surface area (Å²) in [6, 6.07) is 0. The Morgan fingerprint density at radius 1 is 1.43 bits per heavy atom. The lowest BCUT2D eigenvalue weighted by Gasteiger charge is -1.96. The van der Waals surface area contributed by atoms with E-state index in [1.165, 1.54) is 0 Å². The summed E-state index contributed by atoms with van der Waals surface area (Å²) in [6.07, 6.45) is 0. The number of nitrogens with zero attached hydrogens (tertiary/aromatic N) is 1. The monoisotopic (exact) mass is 164 g/mol. The predicted molar refractivity (Wildman–Crippen MR) is 27.3 cm³/mol. The van der Waals surface area contributed by atoms with Crippen LogP contribution < -0.4 is 0 Å². The molecule has 7 heavy (non-hydrogen) atoms. The van der Waals surface area contributed by atoms with E-state index < -0.39 is 8.84 Å². The quantitative estimate of drug-likeness (QED) is 0.180. The van der Waals surface area contributed by atoms with Gasteiger partial charge in [-0.3, -0.25) is 10.1 Å². The molecule has 0 N–H and O–H groups in total. The van der Waals surface area contributed by atoms with E-state index in [1.807, 2.05) is 0 Å². The van der Waals surface area contributed by atoms with Crippen LogP contribution in [0.25, 0.3) is 0 Å². The van der Waals surface area contributed by atoms with Crippen molar-refractivity contribution in [2.24, 2.45) is 0 Å². The fourth-order valence-corrected chi connectivity index (χ4v) is 0. The Bertz CT molecular complexity index is 85.4. The molecule has 0 saturated heterocycles. The molecule has 0 aromatic heterocycles. The molecule has 0 aliphatic heterocycles. The Hall–Kier alpha value is 0.270. The summed E-state index contributed by atoms with van der Waals surface area (Å²) in [5, 5.41) is 9.43. The van der Waals surface area contributed by atoms with E-state index in [1.54, 1.807) is 0 Å². The second-order valence-corrected chi connectivity index (χ2v) is 2.95. The van der Waals surface area contributed by atoms with Crippen LogP contribution in [0.4, 0.5) is 0 Å². The van der Waals surface area contributed by atoms with E-state index >= 15 is 0 Å². The van der Waals surface area contributed by atoms with Gasteiger partial charge in [0.1, 0.15) is 0 Å². The highest BCUT2D eigenvalue weighted by Gasteiger charge is 2.33. The van der Waals surface area contributed by atoms with Gasteiger partial charge in [-0.15, -0.1) is 0 Å². The number of hydrogen-bond acceptors (Lipinski definition) is 2. The van der Waals surface area contributed by atoms with Crippen molar-refractivity contribution in [1.82, 2.24) is 0 Å². The minimum atomic E-state index is -2.36. The first-order valence-corrected chi connectivity index (χ1v) is 2.29. The minimum Gasteiger partial charge on any atom is -0.260 e. The van der Waals surface area contributed by atoms with Crippen molar-refractivity contribution in [3.8, 4) is 0 Å². The molecule has 0 spiro atoms. The lowest BCUT2D eigenvalue weighted by molar-refractivity contribution is -0.491. The van der Waals surface area contributed by atoms with E-state index in [-0.39, 0.29) is 0 Å². The largest absolute Gasteiger partial charge is 0.449 e. The molecule has 42 valence electrons. The summed E-state index contributed by atoms with van der Waals surface area (Å²) < 4.78 is -2.36. The second-order valence-electron chi connectivity index (χ2n) is 0.725. The summed E-state index contributed by atoms with van der Waals surface area (Å²) in [7, 11) is 0. The van der Waals surface area contributed by atoms with Crippen molar-refractivity contribution in [3.63, 3.8) is 0 Å². The molecule has 0 aromatic rings. The molecular formula is CCl3NO2. The van der Waals surface area contributed by atoms with Crippen LogP contribution >= 0.6 is 34.8 Å². The summed E-state index contributed by atoms with van der Waals surface area (Å²) in [5.41, 5.74) is 0. The zero-order valence-corrected chi connectivity index (χ0v) is 5.17. The Morgan fingerprint density at radius 2 is 1.57 bits per heavy atom. The molecule has 0 aliphatic carbocycles. The van der Waals surface area contributed by atoms with Crippen molar-refractivity contribution in [1.29, 1.82) is 0 Å². The molecule has 6 heteroatoms. The lowest BCUT2D eigenvalue weighted by atomic mass is 12.2. The average Bonchev–Trinajstić information content (AvgIpc) is 1.31. The fourth-order valence-electron chi connectivity index (χ4n) is 0. The highest BCUT2D eigenvalue weighted by molar-refractivity contribution is 6.65. The van der Waals surface area contributed by atoms with Gasteiger partial charge in [0.15, 0.2) is 0 Å².